The van der Waals surface area contributed by atoms with E-state index in [0.717, 1.165) is 25.7 Å². The Kier molecular flexibility index (Phi) is 2.66. The van der Waals surface area contributed by atoms with Crippen molar-refractivity contribution in [3.63, 3.8) is 0 Å². The number of oxime groups is 1. The molecule has 1 rings (SSSR count). The van der Waals surface area contributed by atoms with Crippen molar-refractivity contribution < 1.29 is 9.60 Å². The predicted octanol–water partition coefficient (Wildman–Crippen LogP) is 1.98. The van der Waals surface area contributed by atoms with E-state index < -0.39 is 6.67 Å². The average Bonchev–Trinajstić information content (AvgIpc) is 2.43. The van der Waals surface area contributed by atoms with Gasteiger partial charge in [-0.05, 0) is 12.8 Å². The molecule has 1 saturated carbocycles. The standard InChI is InChI=1S/C7H12FNO/c8-5-7(9-10)6-3-1-2-4-6/h6,10H,1-5H2. The lowest BCUT2D eigenvalue weighted by Crippen LogP contribution is -2.12. The molecular formula is C7H12FNO. The van der Waals surface area contributed by atoms with Crippen molar-refractivity contribution in [2.45, 2.75) is 25.7 Å². The normalized spacial score (nSPS) is 21.9. The molecule has 0 unspecified atom stereocenters. The summed E-state index contributed by atoms with van der Waals surface area (Å²) in [5.41, 5.74) is 0.331. The molecule has 0 aromatic rings. The van der Waals surface area contributed by atoms with Crippen molar-refractivity contribution in [2.24, 2.45) is 11.1 Å². The molecule has 0 aliphatic heterocycles. The lowest BCUT2D eigenvalue weighted by Gasteiger charge is -2.05. The highest BCUT2D eigenvalue weighted by Crippen LogP contribution is 2.25. The van der Waals surface area contributed by atoms with Crippen molar-refractivity contribution in [1.29, 1.82) is 0 Å². The van der Waals surface area contributed by atoms with Gasteiger partial charge in [-0.15, -0.1) is 0 Å². The van der Waals surface area contributed by atoms with E-state index in [1.165, 1.54) is 0 Å². The molecule has 0 amide bonds. The summed E-state index contributed by atoms with van der Waals surface area (Å²) in [6.07, 6.45) is 4.26. The molecule has 1 aliphatic rings. The fourth-order valence-electron chi connectivity index (χ4n) is 1.48. The number of alkyl halides is 1. The van der Waals surface area contributed by atoms with Crippen LogP contribution in [-0.2, 0) is 0 Å². The van der Waals surface area contributed by atoms with Gasteiger partial charge in [0.25, 0.3) is 0 Å². The van der Waals surface area contributed by atoms with Gasteiger partial charge >= 0.3 is 0 Å². The third-order valence-electron chi connectivity index (χ3n) is 2.09. The number of halogens is 1. The van der Waals surface area contributed by atoms with Crippen LogP contribution < -0.4 is 0 Å². The molecule has 1 fully saturated rings. The minimum absolute atomic E-state index is 0.218. The molecule has 3 heteroatoms. The van der Waals surface area contributed by atoms with Gasteiger partial charge in [-0.1, -0.05) is 18.0 Å². The third-order valence-corrected chi connectivity index (χ3v) is 2.09. The first-order valence-electron chi connectivity index (χ1n) is 3.65. The van der Waals surface area contributed by atoms with Gasteiger partial charge in [0.1, 0.15) is 6.67 Å². The van der Waals surface area contributed by atoms with Gasteiger partial charge in [-0.25, -0.2) is 4.39 Å². The van der Waals surface area contributed by atoms with Crippen LogP contribution in [-0.4, -0.2) is 17.6 Å². The zero-order valence-corrected chi connectivity index (χ0v) is 5.89. The Morgan fingerprint density at radius 1 is 1.50 bits per heavy atom. The fourth-order valence-corrected chi connectivity index (χ4v) is 1.48. The highest BCUT2D eigenvalue weighted by Gasteiger charge is 2.20. The Morgan fingerprint density at radius 2 is 2.10 bits per heavy atom. The molecule has 0 radical (unpaired) electrons. The fraction of sp³-hybridized carbons (Fsp3) is 0.857. The van der Waals surface area contributed by atoms with Crippen LogP contribution >= 0.6 is 0 Å². The summed E-state index contributed by atoms with van der Waals surface area (Å²) in [5, 5.41) is 11.3. The molecule has 0 atom stereocenters. The van der Waals surface area contributed by atoms with Crippen LogP contribution in [0.2, 0.25) is 0 Å². The van der Waals surface area contributed by atoms with Crippen molar-refractivity contribution in [1.82, 2.24) is 0 Å². The Morgan fingerprint density at radius 3 is 2.50 bits per heavy atom. The second kappa shape index (κ2) is 3.54. The van der Waals surface area contributed by atoms with Crippen LogP contribution in [0.25, 0.3) is 0 Å². The maximum atomic E-state index is 12.0. The quantitative estimate of drug-likeness (QED) is 0.359. The minimum Gasteiger partial charge on any atom is -0.411 e. The summed E-state index contributed by atoms with van der Waals surface area (Å²) in [6, 6.07) is 0. The Balaban J connectivity index is 2.45. The highest BCUT2D eigenvalue weighted by molar-refractivity contribution is 5.87. The van der Waals surface area contributed by atoms with Gasteiger partial charge < -0.3 is 5.21 Å². The monoisotopic (exact) mass is 145 g/mol. The van der Waals surface area contributed by atoms with Crippen molar-refractivity contribution in [2.75, 3.05) is 6.67 Å². The second-order valence-corrected chi connectivity index (χ2v) is 2.71. The van der Waals surface area contributed by atoms with Gasteiger partial charge in [0.05, 0.1) is 5.71 Å². The van der Waals surface area contributed by atoms with Crippen LogP contribution in [0.5, 0.6) is 0 Å². The Hall–Kier alpha value is -0.600. The summed E-state index contributed by atoms with van der Waals surface area (Å²) in [5.74, 6) is 0.218. The van der Waals surface area contributed by atoms with Crippen LogP contribution in [0.15, 0.2) is 5.16 Å². The van der Waals surface area contributed by atoms with Gasteiger partial charge in [-0.2, -0.15) is 0 Å². The summed E-state index contributed by atoms with van der Waals surface area (Å²) in [6.45, 7) is -0.596. The lowest BCUT2D eigenvalue weighted by atomic mass is 10.0. The summed E-state index contributed by atoms with van der Waals surface area (Å²) in [7, 11) is 0. The molecule has 0 heterocycles. The largest absolute Gasteiger partial charge is 0.411 e. The molecule has 1 N–H and O–H groups in total. The number of hydrogen-bond donors (Lipinski definition) is 1. The number of nitrogens with zero attached hydrogens (tertiary/aromatic N) is 1. The molecule has 0 aromatic heterocycles. The van der Waals surface area contributed by atoms with Crippen LogP contribution in [0.3, 0.4) is 0 Å². The summed E-state index contributed by atoms with van der Waals surface area (Å²) < 4.78 is 12.0. The van der Waals surface area contributed by atoms with Gasteiger partial charge in [0.15, 0.2) is 0 Å². The van der Waals surface area contributed by atoms with E-state index in [4.69, 9.17) is 5.21 Å². The molecule has 0 aromatic carbocycles. The van der Waals surface area contributed by atoms with E-state index >= 15 is 0 Å². The topological polar surface area (TPSA) is 32.6 Å². The summed E-state index contributed by atoms with van der Waals surface area (Å²) >= 11 is 0. The highest BCUT2D eigenvalue weighted by atomic mass is 19.1. The van der Waals surface area contributed by atoms with Gasteiger partial charge in [0, 0.05) is 5.92 Å². The maximum Gasteiger partial charge on any atom is 0.131 e. The van der Waals surface area contributed by atoms with Crippen LogP contribution in [0.4, 0.5) is 4.39 Å². The first-order chi connectivity index (χ1) is 4.88. The van der Waals surface area contributed by atoms with Crippen molar-refractivity contribution >= 4 is 5.71 Å². The molecule has 0 saturated heterocycles. The Bertz CT molecular complexity index is 130. The first kappa shape index (κ1) is 7.51. The van der Waals surface area contributed by atoms with Crippen LogP contribution in [0.1, 0.15) is 25.7 Å². The van der Waals surface area contributed by atoms with Gasteiger partial charge in [0.2, 0.25) is 0 Å². The van der Waals surface area contributed by atoms with Gasteiger partial charge in [-0.3, -0.25) is 0 Å². The second-order valence-electron chi connectivity index (χ2n) is 2.71. The molecule has 10 heavy (non-hydrogen) atoms. The molecular weight excluding hydrogens is 133 g/mol. The van der Waals surface area contributed by atoms with E-state index in [2.05, 4.69) is 5.16 Å². The van der Waals surface area contributed by atoms with E-state index in [-0.39, 0.29) is 5.92 Å². The minimum atomic E-state index is -0.596. The number of rotatable bonds is 2. The van der Waals surface area contributed by atoms with Crippen molar-refractivity contribution in [3.05, 3.63) is 0 Å². The number of hydrogen-bond acceptors (Lipinski definition) is 2. The zero-order chi connectivity index (χ0) is 7.40. The van der Waals surface area contributed by atoms with Crippen LogP contribution in [0, 0.1) is 5.92 Å². The predicted molar refractivity (Wildman–Crippen MR) is 37.2 cm³/mol. The zero-order valence-electron chi connectivity index (χ0n) is 5.89. The smallest absolute Gasteiger partial charge is 0.131 e. The maximum absolute atomic E-state index is 12.0. The molecule has 0 bridgehead atoms. The lowest BCUT2D eigenvalue weighted by molar-refractivity contribution is 0.310. The SMILES string of the molecule is ON=C(CF)C1CCCC1. The summed E-state index contributed by atoms with van der Waals surface area (Å²) in [4.78, 5) is 0. The van der Waals surface area contributed by atoms with E-state index in [1.807, 2.05) is 0 Å². The molecule has 58 valence electrons. The Labute approximate surface area is 59.7 Å². The van der Waals surface area contributed by atoms with Crippen molar-refractivity contribution in [3.8, 4) is 0 Å². The first-order valence-corrected chi connectivity index (χ1v) is 3.65. The third kappa shape index (κ3) is 1.46. The molecule has 1 aliphatic carbocycles. The van der Waals surface area contributed by atoms with E-state index in [9.17, 15) is 4.39 Å². The molecule has 2 nitrogen and oxygen atoms in total. The average molecular weight is 145 g/mol. The molecule has 0 spiro atoms. The van der Waals surface area contributed by atoms with E-state index in [0.29, 0.717) is 5.71 Å². The van der Waals surface area contributed by atoms with E-state index in [1.54, 1.807) is 0 Å².